The van der Waals surface area contributed by atoms with Crippen LogP contribution in [0.15, 0.2) is 71.2 Å². The van der Waals surface area contributed by atoms with Crippen LogP contribution in [0.5, 0.6) is 5.75 Å². The average Bonchev–Trinajstić information content (AvgIpc) is 2.76. The summed E-state index contributed by atoms with van der Waals surface area (Å²) in [6.45, 7) is 2.71. The fraction of sp³-hybridized carbons (Fsp3) is 0.167. The highest BCUT2D eigenvalue weighted by atomic mass is 79.9. The minimum absolute atomic E-state index is 0.308. The van der Waals surface area contributed by atoms with Gasteiger partial charge in [0.25, 0.3) is 11.8 Å². The molecule has 3 rings (SSSR count). The van der Waals surface area contributed by atoms with Gasteiger partial charge in [-0.2, -0.15) is 0 Å². The van der Waals surface area contributed by atoms with Gasteiger partial charge in [0.1, 0.15) is 11.6 Å². The number of anilines is 2. The lowest BCUT2D eigenvalue weighted by Crippen LogP contribution is -2.14. The SMILES string of the molecule is CCCCOc1ccc(C(=O)Nc2cccc(C(=O)Nc3ccc(F)cc3)c2)cc1Br. The van der Waals surface area contributed by atoms with Crippen molar-refractivity contribution in [3.8, 4) is 5.75 Å². The Kier molecular flexibility index (Phi) is 7.78. The summed E-state index contributed by atoms with van der Waals surface area (Å²) in [6, 6.07) is 17.2. The van der Waals surface area contributed by atoms with Gasteiger partial charge in [-0.3, -0.25) is 9.59 Å². The first kappa shape index (κ1) is 22.5. The summed E-state index contributed by atoms with van der Waals surface area (Å²) in [4.78, 5) is 25.1. The predicted octanol–water partition coefficient (Wildman–Crippen LogP) is 6.27. The number of nitrogens with one attached hydrogen (secondary N) is 2. The Morgan fingerprint density at radius 1 is 0.903 bits per heavy atom. The summed E-state index contributed by atoms with van der Waals surface area (Å²) < 4.78 is 19.4. The van der Waals surface area contributed by atoms with Crippen molar-refractivity contribution in [2.45, 2.75) is 19.8 Å². The summed E-state index contributed by atoms with van der Waals surface area (Å²) in [5.41, 5.74) is 1.78. The molecule has 0 atom stereocenters. The van der Waals surface area contributed by atoms with Crippen molar-refractivity contribution in [3.63, 3.8) is 0 Å². The van der Waals surface area contributed by atoms with Crippen LogP contribution in [0, 0.1) is 5.82 Å². The Morgan fingerprint density at radius 3 is 2.26 bits per heavy atom. The van der Waals surface area contributed by atoms with Crippen molar-refractivity contribution in [3.05, 3.63) is 88.1 Å². The van der Waals surface area contributed by atoms with Crippen LogP contribution < -0.4 is 15.4 Å². The predicted molar refractivity (Wildman–Crippen MR) is 123 cm³/mol. The van der Waals surface area contributed by atoms with Crippen molar-refractivity contribution >= 4 is 39.1 Å². The van der Waals surface area contributed by atoms with Crippen LogP contribution in [0.3, 0.4) is 0 Å². The van der Waals surface area contributed by atoms with Gasteiger partial charge in [-0.15, -0.1) is 0 Å². The van der Waals surface area contributed by atoms with Crippen LogP contribution in [0.4, 0.5) is 15.8 Å². The monoisotopic (exact) mass is 484 g/mol. The largest absolute Gasteiger partial charge is 0.492 e. The molecule has 7 heteroatoms. The number of benzene rings is 3. The molecular formula is C24H22BrFN2O3. The Bertz CT molecular complexity index is 1070. The normalized spacial score (nSPS) is 10.4. The summed E-state index contributed by atoms with van der Waals surface area (Å²) in [7, 11) is 0. The molecule has 0 unspecified atom stereocenters. The summed E-state index contributed by atoms with van der Waals surface area (Å²) in [6.07, 6.45) is 2.00. The third-order valence-corrected chi connectivity index (χ3v) is 5.05. The molecular weight excluding hydrogens is 463 g/mol. The van der Waals surface area contributed by atoms with Crippen LogP contribution in [0.2, 0.25) is 0 Å². The number of rotatable bonds is 8. The molecule has 0 fully saturated rings. The van der Waals surface area contributed by atoms with Crippen molar-refractivity contribution in [1.29, 1.82) is 0 Å². The van der Waals surface area contributed by atoms with Gasteiger partial charge >= 0.3 is 0 Å². The molecule has 31 heavy (non-hydrogen) atoms. The van der Waals surface area contributed by atoms with E-state index in [-0.39, 0.29) is 17.6 Å². The molecule has 0 aliphatic carbocycles. The molecule has 160 valence electrons. The first-order chi connectivity index (χ1) is 15.0. The second kappa shape index (κ2) is 10.7. The smallest absolute Gasteiger partial charge is 0.255 e. The molecule has 0 bridgehead atoms. The zero-order chi connectivity index (χ0) is 22.2. The molecule has 0 aliphatic heterocycles. The minimum Gasteiger partial charge on any atom is -0.492 e. The van der Waals surface area contributed by atoms with E-state index < -0.39 is 0 Å². The lowest BCUT2D eigenvalue weighted by molar-refractivity contribution is 0.101. The lowest BCUT2D eigenvalue weighted by Gasteiger charge is -2.11. The average molecular weight is 485 g/mol. The molecule has 0 heterocycles. The topological polar surface area (TPSA) is 67.4 Å². The minimum atomic E-state index is -0.380. The first-order valence-corrected chi connectivity index (χ1v) is 10.7. The molecule has 0 saturated heterocycles. The van der Waals surface area contributed by atoms with Crippen LogP contribution in [0.25, 0.3) is 0 Å². The van der Waals surface area contributed by atoms with E-state index in [4.69, 9.17) is 4.74 Å². The van der Waals surface area contributed by atoms with Crippen molar-refractivity contribution in [2.75, 3.05) is 17.2 Å². The molecule has 0 saturated carbocycles. The maximum absolute atomic E-state index is 13.0. The Hall–Kier alpha value is -3.19. The maximum Gasteiger partial charge on any atom is 0.255 e. The molecule has 2 N–H and O–H groups in total. The second-order valence-electron chi connectivity index (χ2n) is 6.84. The van der Waals surface area contributed by atoms with E-state index in [1.54, 1.807) is 42.5 Å². The third kappa shape index (κ3) is 6.39. The zero-order valence-corrected chi connectivity index (χ0v) is 18.5. The van der Waals surface area contributed by atoms with E-state index in [0.29, 0.717) is 39.3 Å². The number of ether oxygens (including phenoxy) is 1. The Morgan fingerprint density at radius 2 is 1.58 bits per heavy atom. The zero-order valence-electron chi connectivity index (χ0n) is 17.0. The Labute approximate surface area is 188 Å². The Balaban J connectivity index is 1.66. The van der Waals surface area contributed by atoms with E-state index in [1.165, 1.54) is 24.3 Å². The van der Waals surface area contributed by atoms with Gasteiger partial charge in [-0.1, -0.05) is 19.4 Å². The molecule has 0 aliphatic rings. The fourth-order valence-electron chi connectivity index (χ4n) is 2.76. The van der Waals surface area contributed by atoms with Crippen LogP contribution in [-0.2, 0) is 0 Å². The van der Waals surface area contributed by atoms with Crippen molar-refractivity contribution in [1.82, 2.24) is 0 Å². The number of halogens is 2. The molecule has 5 nitrogen and oxygen atoms in total. The quantitative estimate of drug-likeness (QED) is 0.370. The van der Waals surface area contributed by atoms with Gasteiger partial charge in [0.05, 0.1) is 11.1 Å². The van der Waals surface area contributed by atoms with Gasteiger partial charge in [-0.25, -0.2) is 4.39 Å². The van der Waals surface area contributed by atoms with Crippen LogP contribution in [-0.4, -0.2) is 18.4 Å². The van der Waals surface area contributed by atoms with Crippen molar-refractivity contribution < 1.29 is 18.7 Å². The van der Waals surface area contributed by atoms with E-state index in [2.05, 4.69) is 33.5 Å². The highest BCUT2D eigenvalue weighted by Crippen LogP contribution is 2.27. The molecule has 3 aromatic carbocycles. The van der Waals surface area contributed by atoms with E-state index in [9.17, 15) is 14.0 Å². The number of hydrogen-bond acceptors (Lipinski definition) is 3. The number of carbonyl (C=O) groups is 2. The van der Waals surface area contributed by atoms with Gasteiger partial charge in [0.2, 0.25) is 0 Å². The third-order valence-electron chi connectivity index (χ3n) is 4.43. The molecule has 3 aromatic rings. The van der Waals surface area contributed by atoms with E-state index in [0.717, 1.165) is 12.8 Å². The number of amides is 2. The van der Waals surface area contributed by atoms with Crippen LogP contribution in [0.1, 0.15) is 40.5 Å². The maximum atomic E-state index is 13.0. The second-order valence-corrected chi connectivity index (χ2v) is 7.70. The number of hydrogen-bond donors (Lipinski definition) is 2. The standard InChI is InChI=1S/C24H22BrFN2O3/c1-2-3-13-31-22-12-7-17(15-21(22)25)24(30)28-20-6-4-5-16(14-20)23(29)27-19-10-8-18(26)9-11-19/h4-12,14-15H,2-3,13H2,1H3,(H,27,29)(H,28,30). The molecule has 2 amide bonds. The highest BCUT2D eigenvalue weighted by molar-refractivity contribution is 9.10. The number of unbranched alkanes of at least 4 members (excludes halogenated alkanes) is 1. The van der Waals surface area contributed by atoms with Crippen LogP contribution >= 0.6 is 15.9 Å². The van der Waals surface area contributed by atoms with Gasteiger partial charge < -0.3 is 15.4 Å². The van der Waals surface area contributed by atoms with Gasteiger partial charge in [0.15, 0.2) is 0 Å². The molecule has 0 spiro atoms. The summed E-state index contributed by atoms with van der Waals surface area (Å²) in [5, 5.41) is 5.49. The van der Waals surface area contributed by atoms with Gasteiger partial charge in [0, 0.05) is 22.5 Å². The van der Waals surface area contributed by atoms with E-state index in [1.807, 2.05) is 0 Å². The fourth-order valence-corrected chi connectivity index (χ4v) is 3.26. The first-order valence-electron chi connectivity index (χ1n) is 9.87. The molecule has 0 aromatic heterocycles. The summed E-state index contributed by atoms with van der Waals surface area (Å²) in [5.74, 6) is -0.365. The summed E-state index contributed by atoms with van der Waals surface area (Å²) >= 11 is 3.44. The lowest BCUT2D eigenvalue weighted by atomic mass is 10.1. The highest BCUT2D eigenvalue weighted by Gasteiger charge is 2.12. The number of carbonyl (C=O) groups excluding carboxylic acids is 2. The van der Waals surface area contributed by atoms with E-state index >= 15 is 0 Å². The molecule has 0 radical (unpaired) electrons. The van der Waals surface area contributed by atoms with Crippen molar-refractivity contribution in [2.24, 2.45) is 0 Å². The van der Waals surface area contributed by atoms with Gasteiger partial charge in [-0.05, 0) is 83.0 Å².